The van der Waals surface area contributed by atoms with Crippen LogP contribution in [0.5, 0.6) is 0 Å². The average Bonchev–Trinajstić information content (AvgIpc) is 3.12. The first-order valence-corrected chi connectivity index (χ1v) is 11.2. The number of hydrogen-bond acceptors (Lipinski definition) is 4. The molecule has 1 aliphatic rings. The van der Waals surface area contributed by atoms with Crippen molar-refractivity contribution in [2.75, 3.05) is 0 Å². The molecule has 4 heteroatoms. The van der Waals surface area contributed by atoms with Crippen LogP contribution in [-0.4, -0.2) is 17.2 Å². The summed E-state index contributed by atoms with van der Waals surface area (Å²) < 4.78 is 5.59. The number of aliphatic hydroxyl groups excluding tert-OH is 1. The average molecular weight is 459 g/mol. The van der Waals surface area contributed by atoms with Crippen molar-refractivity contribution in [3.63, 3.8) is 0 Å². The summed E-state index contributed by atoms with van der Waals surface area (Å²) in [7, 11) is 0. The fourth-order valence-corrected chi connectivity index (χ4v) is 4.24. The van der Waals surface area contributed by atoms with Crippen LogP contribution < -0.4 is 0 Å². The number of benzene rings is 4. The Labute approximate surface area is 202 Å². The number of fused-ring (bicyclic) bond motifs is 3. The lowest BCUT2D eigenvalue weighted by Gasteiger charge is -2.07. The zero-order chi connectivity index (χ0) is 24.2. The molecule has 0 radical (unpaired) electrons. The van der Waals surface area contributed by atoms with Gasteiger partial charge in [0, 0.05) is 22.3 Å². The van der Waals surface area contributed by atoms with Gasteiger partial charge in [-0.25, -0.2) is 0 Å². The SMILES string of the molecule is O=Cc1cc2ccccc2cc1CO/C=C/C=C/C=C/C1=C(O)c2cc3ccccc3cc2C1=O. The number of carbonyl (C=O) groups is 2. The Hall–Kier alpha value is -4.70. The highest BCUT2D eigenvalue weighted by Crippen LogP contribution is 2.34. The Morgan fingerprint density at radius 3 is 2.03 bits per heavy atom. The van der Waals surface area contributed by atoms with Crippen LogP contribution in [0, 0.1) is 0 Å². The van der Waals surface area contributed by atoms with Gasteiger partial charge in [0.15, 0.2) is 5.78 Å². The van der Waals surface area contributed by atoms with E-state index in [2.05, 4.69) is 0 Å². The monoisotopic (exact) mass is 458 g/mol. The summed E-state index contributed by atoms with van der Waals surface area (Å²) in [5.41, 5.74) is 2.79. The minimum Gasteiger partial charge on any atom is -0.507 e. The van der Waals surface area contributed by atoms with Crippen molar-refractivity contribution in [1.29, 1.82) is 0 Å². The van der Waals surface area contributed by atoms with Crippen molar-refractivity contribution in [2.24, 2.45) is 0 Å². The maximum absolute atomic E-state index is 12.8. The molecule has 4 nitrogen and oxygen atoms in total. The lowest BCUT2D eigenvalue weighted by atomic mass is 10.0. The van der Waals surface area contributed by atoms with Crippen LogP contribution in [0.15, 0.2) is 115 Å². The number of hydrogen-bond donors (Lipinski definition) is 1. The van der Waals surface area contributed by atoms with Gasteiger partial charge >= 0.3 is 0 Å². The standard InChI is InChI=1S/C31H22O4/c32-19-25-15-21-9-4-5-10-22(21)16-26(25)20-35-14-8-2-1-3-13-27-30(33)28-17-23-11-6-7-12-24(23)18-29(28)31(27)34/h1-19,33H,20H2/b2-1+,13-3+,14-8+. The molecule has 4 aromatic rings. The van der Waals surface area contributed by atoms with Crippen molar-refractivity contribution < 1.29 is 19.4 Å². The molecule has 0 saturated heterocycles. The fraction of sp³-hybridized carbons (Fsp3) is 0.0323. The molecule has 170 valence electrons. The number of ether oxygens (including phenoxy) is 1. The topological polar surface area (TPSA) is 63.6 Å². The predicted molar refractivity (Wildman–Crippen MR) is 139 cm³/mol. The Bertz CT molecular complexity index is 1580. The second kappa shape index (κ2) is 9.65. The summed E-state index contributed by atoms with van der Waals surface area (Å²) in [5, 5.41) is 14.6. The maximum Gasteiger partial charge on any atom is 0.197 e. The molecule has 0 amide bonds. The molecule has 0 fully saturated rings. The zero-order valence-corrected chi connectivity index (χ0v) is 18.8. The van der Waals surface area contributed by atoms with Crippen LogP contribution in [0.25, 0.3) is 27.3 Å². The summed E-state index contributed by atoms with van der Waals surface area (Å²) in [4.78, 5) is 24.2. The molecule has 0 aliphatic heterocycles. The minimum absolute atomic E-state index is 0.000598. The largest absolute Gasteiger partial charge is 0.507 e. The van der Waals surface area contributed by atoms with Gasteiger partial charge in [0.25, 0.3) is 0 Å². The van der Waals surface area contributed by atoms with Gasteiger partial charge in [-0.3, -0.25) is 9.59 Å². The van der Waals surface area contributed by atoms with E-state index in [9.17, 15) is 14.7 Å². The van der Waals surface area contributed by atoms with E-state index in [-0.39, 0.29) is 23.7 Å². The van der Waals surface area contributed by atoms with Gasteiger partial charge in [0.2, 0.25) is 0 Å². The molecule has 35 heavy (non-hydrogen) atoms. The van der Waals surface area contributed by atoms with Crippen LogP contribution in [0.3, 0.4) is 0 Å². The van der Waals surface area contributed by atoms with Crippen LogP contribution in [0.1, 0.15) is 31.8 Å². The van der Waals surface area contributed by atoms with Crippen molar-refractivity contribution in [2.45, 2.75) is 6.61 Å². The summed E-state index contributed by atoms with van der Waals surface area (Å²) >= 11 is 0. The van der Waals surface area contributed by atoms with Crippen LogP contribution in [0.4, 0.5) is 0 Å². The second-order valence-corrected chi connectivity index (χ2v) is 8.24. The summed E-state index contributed by atoms with van der Waals surface area (Å²) in [5.74, 6) is -0.186. The number of carbonyl (C=O) groups excluding carboxylic acids is 2. The zero-order valence-electron chi connectivity index (χ0n) is 18.8. The van der Waals surface area contributed by atoms with E-state index in [0.717, 1.165) is 33.4 Å². The molecular weight excluding hydrogens is 436 g/mol. The van der Waals surface area contributed by atoms with Gasteiger partial charge in [-0.05, 0) is 58.0 Å². The summed E-state index contributed by atoms with van der Waals surface area (Å²) in [6.07, 6.45) is 10.9. The van der Waals surface area contributed by atoms with E-state index in [1.165, 1.54) is 0 Å². The third-order valence-corrected chi connectivity index (χ3v) is 6.03. The summed E-state index contributed by atoms with van der Waals surface area (Å²) in [6.45, 7) is 0.279. The number of Topliss-reactive ketones (excluding diaryl/α,β-unsaturated/α-hetero) is 1. The first-order valence-electron chi connectivity index (χ1n) is 11.2. The maximum atomic E-state index is 12.8. The van der Waals surface area contributed by atoms with Gasteiger partial charge in [-0.2, -0.15) is 0 Å². The first-order chi connectivity index (χ1) is 17.2. The highest BCUT2D eigenvalue weighted by molar-refractivity contribution is 6.22. The van der Waals surface area contributed by atoms with Crippen LogP contribution in [0.2, 0.25) is 0 Å². The Balaban J connectivity index is 1.21. The Morgan fingerprint density at radius 2 is 1.34 bits per heavy atom. The lowest BCUT2D eigenvalue weighted by Crippen LogP contribution is -1.96. The number of ketones is 1. The van der Waals surface area contributed by atoms with Crippen LogP contribution in [-0.2, 0) is 11.3 Å². The molecule has 0 atom stereocenters. The number of aldehydes is 1. The molecule has 0 spiro atoms. The number of rotatable bonds is 7. The molecule has 1 aliphatic carbocycles. The molecule has 0 heterocycles. The van der Waals surface area contributed by atoms with Crippen molar-refractivity contribution >= 4 is 39.4 Å². The molecule has 4 aromatic carbocycles. The van der Waals surface area contributed by atoms with E-state index in [4.69, 9.17) is 4.74 Å². The lowest BCUT2D eigenvalue weighted by molar-refractivity contribution is 0.104. The Kier molecular flexibility index (Phi) is 6.10. The van der Waals surface area contributed by atoms with Gasteiger partial charge in [-0.15, -0.1) is 0 Å². The smallest absolute Gasteiger partial charge is 0.197 e. The number of allylic oxidation sites excluding steroid dienone is 6. The van der Waals surface area contributed by atoms with Crippen molar-refractivity contribution in [1.82, 2.24) is 0 Å². The third kappa shape index (κ3) is 4.42. The van der Waals surface area contributed by atoms with Gasteiger partial charge in [-0.1, -0.05) is 66.8 Å². The van der Waals surface area contributed by atoms with E-state index < -0.39 is 0 Å². The number of aliphatic hydroxyl groups is 1. The fourth-order valence-electron chi connectivity index (χ4n) is 4.24. The molecule has 0 aromatic heterocycles. The van der Waals surface area contributed by atoms with E-state index >= 15 is 0 Å². The quantitative estimate of drug-likeness (QED) is 0.182. The molecule has 5 rings (SSSR count). The highest BCUT2D eigenvalue weighted by atomic mass is 16.5. The van der Waals surface area contributed by atoms with Crippen molar-refractivity contribution in [3.05, 3.63) is 137 Å². The van der Waals surface area contributed by atoms with Crippen molar-refractivity contribution in [3.8, 4) is 0 Å². The minimum atomic E-state index is -0.187. The van der Waals surface area contributed by atoms with E-state index in [0.29, 0.717) is 16.7 Å². The first kappa shape index (κ1) is 22.1. The van der Waals surface area contributed by atoms with Gasteiger partial charge in [0.1, 0.15) is 18.7 Å². The third-order valence-electron chi connectivity index (χ3n) is 6.03. The molecule has 0 saturated carbocycles. The Morgan fingerprint density at radius 1 is 0.743 bits per heavy atom. The normalized spacial score (nSPS) is 13.7. The van der Waals surface area contributed by atoms with Crippen LogP contribution >= 0.6 is 0 Å². The molecular formula is C31H22O4. The highest BCUT2D eigenvalue weighted by Gasteiger charge is 2.28. The molecule has 1 N–H and O–H groups in total. The van der Waals surface area contributed by atoms with E-state index in [1.54, 1.807) is 36.6 Å². The van der Waals surface area contributed by atoms with Gasteiger partial charge in [0.05, 0.1) is 11.8 Å². The molecule has 0 unspecified atom stereocenters. The predicted octanol–water partition coefficient (Wildman–Crippen LogP) is 7.11. The second-order valence-electron chi connectivity index (χ2n) is 8.24. The van der Waals surface area contributed by atoms with E-state index in [1.807, 2.05) is 72.8 Å². The van der Waals surface area contributed by atoms with Gasteiger partial charge < -0.3 is 9.84 Å². The molecule has 0 bridgehead atoms. The summed E-state index contributed by atoms with van der Waals surface area (Å²) in [6, 6.07) is 23.1.